The van der Waals surface area contributed by atoms with Gasteiger partial charge in [0.05, 0.1) is 12.1 Å². The predicted molar refractivity (Wildman–Crippen MR) is 47.6 cm³/mol. The minimum Gasteiger partial charge on any atom is -0.391 e. The fourth-order valence-electron chi connectivity index (χ4n) is 0.947. The molecule has 1 rings (SSSR count). The molecule has 13 heavy (non-hydrogen) atoms. The third-order valence-corrected chi connectivity index (χ3v) is 1.81. The molecular formula is C9H11N3O. The van der Waals surface area contributed by atoms with Gasteiger partial charge in [-0.3, -0.25) is 0 Å². The van der Waals surface area contributed by atoms with Crippen LogP contribution in [0.1, 0.15) is 24.2 Å². The Kier molecular flexibility index (Phi) is 2.96. The van der Waals surface area contributed by atoms with E-state index in [1.807, 2.05) is 6.07 Å². The van der Waals surface area contributed by atoms with Crippen LogP contribution in [0.15, 0.2) is 18.3 Å². The highest BCUT2D eigenvalue weighted by Crippen LogP contribution is 2.12. The van der Waals surface area contributed by atoms with Gasteiger partial charge in [0.2, 0.25) is 0 Å². The Balaban J connectivity index is 2.87. The molecule has 1 heterocycles. The van der Waals surface area contributed by atoms with Gasteiger partial charge in [-0.15, -0.1) is 0 Å². The monoisotopic (exact) mass is 177 g/mol. The average Bonchev–Trinajstić information content (AvgIpc) is 2.17. The van der Waals surface area contributed by atoms with Crippen LogP contribution >= 0.6 is 0 Å². The first-order valence-corrected chi connectivity index (χ1v) is 3.95. The molecule has 4 nitrogen and oxygen atoms in total. The molecule has 1 aromatic rings. The summed E-state index contributed by atoms with van der Waals surface area (Å²) in [6.07, 6.45) is 0.894. The second kappa shape index (κ2) is 3.99. The summed E-state index contributed by atoms with van der Waals surface area (Å²) in [4.78, 5) is 3.85. The van der Waals surface area contributed by atoms with Crippen molar-refractivity contribution < 1.29 is 5.11 Å². The Morgan fingerprint density at radius 1 is 1.62 bits per heavy atom. The molecule has 3 N–H and O–H groups in total. The lowest BCUT2D eigenvalue weighted by Gasteiger charge is -2.13. The first-order valence-electron chi connectivity index (χ1n) is 3.95. The van der Waals surface area contributed by atoms with Crippen LogP contribution in [-0.4, -0.2) is 16.2 Å². The maximum Gasteiger partial charge on any atom is 0.140 e. The van der Waals surface area contributed by atoms with Gasteiger partial charge in [-0.05, 0) is 18.6 Å². The smallest absolute Gasteiger partial charge is 0.140 e. The van der Waals surface area contributed by atoms with Crippen molar-refractivity contribution in [1.29, 1.82) is 5.26 Å². The zero-order valence-corrected chi connectivity index (χ0v) is 7.31. The second-order valence-electron chi connectivity index (χ2n) is 2.85. The van der Waals surface area contributed by atoms with Gasteiger partial charge in [0.15, 0.2) is 0 Å². The van der Waals surface area contributed by atoms with Crippen LogP contribution in [-0.2, 0) is 0 Å². The van der Waals surface area contributed by atoms with Crippen LogP contribution in [0.2, 0.25) is 0 Å². The quantitative estimate of drug-likeness (QED) is 0.682. The maximum absolute atomic E-state index is 9.18. The number of aliphatic hydroxyl groups excluding tert-OH is 1. The van der Waals surface area contributed by atoms with Crippen LogP contribution in [0.3, 0.4) is 0 Å². The van der Waals surface area contributed by atoms with E-state index in [2.05, 4.69) is 4.98 Å². The lowest BCUT2D eigenvalue weighted by Crippen LogP contribution is -2.23. The van der Waals surface area contributed by atoms with Crippen molar-refractivity contribution in [3.8, 4) is 6.07 Å². The standard InChI is InChI=1S/C9H11N3O/c1-6(13)9(11)7-2-3-8(4-10)12-5-7/h2-3,5-6,9,13H,11H2,1H3/t6-,9-/m0/s1. The number of rotatable bonds is 2. The van der Waals surface area contributed by atoms with Crippen molar-refractivity contribution >= 4 is 0 Å². The predicted octanol–water partition coefficient (Wildman–Crippen LogP) is 0.334. The summed E-state index contributed by atoms with van der Waals surface area (Å²) in [5.74, 6) is 0. The first kappa shape index (κ1) is 9.65. The Hall–Kier alpha value is -1.44. The lowest BCUT2D eigenvalue weighted by atomic mass is 10.1. The zero-order chi connectivity index (χ0) is 9.84. The van der Waals surface area contributed by atoms with E-state index in [9.17, 15) is 5.11 Å². The number of nitrogens with zero attached hydrogens (tertiary/aromatic N) is 2. The fourth-order valence-corrected chi connectivity index (χ4v) is 0.947. The minimum absolute atomic E-state index is 0.349. The van der Waals surface area contributed by atoms with E-state index in [1.54, 1.807) is 19.1 Å². The van der Waals surface area contributed by atoms with Crippen molar-refractivity contribution in [2.24, 2.45) is 5.73 Å². The molecule has 0 aliphatic rings. The topological polar surface area (TPSA) is 82.9 Å². The lowest BCUT2D eigenvalue weighted by molar-refractivity contribution is 0.164. The summed E-state index contributed by atoms with van der Waals surface area (Å²) < 4.78 is 0. The van der Waals surface area contributed by atoms with E-state index in [0.29, 0.717) is 5.69 Å². The van der Waals surface area contributed by atoms with Gasteiger partial charge >= 0.3 is 0 Å². The van der Waals surface area contributed by atoms with Crippen LogP contribution in [0, 0.1) is 11.3 Å². The Morgan fingerprint density at radius 2 is 2.31 bits per heavy atom. The summed E-state index contributed by atoms with van der Waals surface area (Å²) in [7, 11) is 0. The highest BCUT2D eigenvalue weighted by atomic mass is 16.3. The summed E-state index contributed by atoms with van der Waals surface area (Å²) in [6.45, 7) is 1.61. The van der Waals surface area contributed by atoms with Gasteiger partial charge in [0.25, 0.3) is 0 Å². The maximum atomic E-state index is 9.18. The van der Waals surface area contributed by atoms with Gasteiger partial charge in [-0.25, -0.2) is 4.98 Å². The SMILES string of the molecule is C[C@H](O)[C@H](N)c1ccc(C#N)nc1. The third kappa shape index (κ3) is 2.25. The van der Waals surface area contributed by atoms with Gasteiger partial charge in [0, 0.05) is 6.20 Å². The van der Waals surface area contributed by atoms with Crippen molar-refractivity contribution in [2.45, 2.75) is 19.1 Å². The van der Waals surface area contributed by atoms with Crippen LogP contribution in [0.25, 0.3) is 0 Å². The summed E-state index contributed by atoms with van der Waals surface area (Å²) in [6, 6.07) is 4.74. The number of aliphatic hydroxyl groups is 1. The van der Waals surface area contributed by atoms with Crippen LogP contribution in [0.5, 0.6) is 0 Å². The number of nitrogens with two attached hydrogens (primary N) is 1. The normalized spacial score (nSPS) is 14.6. The summed E-state index contributed by atoms with van der Waals surface area (Å²) in [5, 5.41) is 17.7. The van der Waals surface area contributed by atoms with Gasteiger partial charge in [-0.1, -0.05) is 6.07 Å². The highest BCUT2D eigenvalue weighted by Gasteiger charge is 2.11. The molecule has 0 amide bonds. The molecular weight excluding hydrogens is 166 g/mol. The van der Waals surface area contributed by atoms with E-state index in [-0.39, 0.29) is 0 Å². The van der Waals surface area contributed by atoms with Crippen molar-refractivity contribution in [1.82, 2.24) is 4.98 Å². The summed E-state index contributed by atoms with van der Waals surface area (Å²) in [5.41, 5.74) is 6.74. The fraction of sp³-hybridized carbons (Fsp3) is 0.333. The van der Waals surface area contributed by atoms with Crippen LogP contribution in [0.4, 0.5) is 0 Å². The first-order chi connectivity index (χ1) is 6.15. The van der Waals surface area contributed by atoms with Crippen molar-refractivity contribution in [3.63, 3.8) is 0 Å². The third-order valence-electron chi connectivity index (χ3n) is 1.81. The van der Waals surface area contributed by atoms with Crippen molar-refractivity contribution in [3.05, 3.63) is 29.6 Å². The summed E-state index contributed by atoms with van der Waals surface area (Å²) >= 11 is 0. The molecule has 0 aromatic carbocycles. The highest BCUT2D eigenvalue weighted by molar-refractivity contribution is 5.25. The largest absolute Gasteiger partial charge is 0.391 e. The Bertz CT molecular complexity index is 313. The molecule has 0 aliphatic heterocycles. The molecule has 0 radical (unpaired) electrons. The number of nitriles is 1. The average molecular weight is 177 g/mol. The molecule has 0 fully saturated rings. The van der Waals surface area contributed by atoms with Gasteiger partial charge in [-0.2, -0.15) is 5.26 Å². The molecule has 0 saturated carbocycles. The van der Waals surface area contributed by atoms with E-state index < -0.39 is 12.1 Å². The zero-order valence-electron chi connectivity index (χ0n) is 7.31. The second-order valence-corrected chi connectivity index (χ2v) is 2.85. The Morgan fingerprint density at radius 3 is 2.69 bits per heavy atom. The molecule has 68 valence electrons. The van der Waals surface area contributed by atoms with E-state index in [4.69, 9.17) is 11.0 Å². The molecule has 0 spiro atoms. The molecule has 0 unspecified atom stereocenters. The minimum atomic E-state index is -0.616. The molecule has 4 heteroatoms. The van der Waals surface area contributed by atoms with Crippen LogP contribution < -0.4 is 5.73 Å². The van der Waals surface area contributed by atoms with E-state index in [1.165, 1.54) is 6.20 Å². The van der Waals surface area contributed by atoms with E-state index >= 15 is 0 Å². The van der Waals surface area contributed by atoms with Gasteiger partial charge in [0.1, 0.15) is 11.8 Å². The molecule has 0 aliphatic carbocycles. The van der Waals surface area contributed by atoms with E-state index in [0.717, 1.165) is 5.56 Å². The number of aromatic nitrogens is 1. The number of hydrogen-bond donors (Lipinski definition) is 2. The Labute approximate surface area is 76.6 Å². The molecule has 1 aromatic heterocycles. The molecule has 0 saturated heterocycles. The van der Waals surface area contributed by atoms with Crippen molar-refractivity contribution in [2.75, 3.05) is 0 Å². The molecule has 0 bridgehead atoms. The molecule has 2 atom stereocenters. The van der Waals surface area contributed by atoms with Gasteiger partial charge < -0.3 is 10.8 Å². The number of hydrogen-bond acceptors (Lipinski definition) is 4. The number of pyridine rings is 1.